The molecule has 0 atom stereocenters. The highest BCUT2D eigenvalue weighted by Gasteiger charge is 2.44. The van der Waals surface area contributed by atoms with E-state index in [0.29, 0.717) is 24.8 Å². The van der Waals surface area contributed by atoms with Crippen molar-refractivity contribution in [3.05, 3.63) is 42.8 Å². The van der Waals surface area contributed by atoms with E-state index in [1.807, 2.05) is 13.0 Å². The third-order valence-corrected chi connectivity index (χ3v) is 3.86. The molecule has 1 aromatic carbocycles. The Morgan fingerprint density at radius 2 is 2.17 bits per heavy atom. The molecule has 1 aromatic rings. The van der Waals surface area contributed by atoms with Crippen LogP contribution in [0.2, 0.25) is 0 Å². The largest absolute Gasteiger partial charge is 0.441 e. The van der Waals surface area contributed by atoms with E-state index in [4.69, 9.17) is 4.74 Å². The molecular formula is C17H21F2N3O. The Morgan fingerprint density at radius 1 is 1.43 bits per heavy atom. The van der Waals surface area contributed by atoms with Crippen LogP contribution < -0.4 is 20.3 Å². The lowest BCUT2D eigenvalue weighted by Gasteiger charge is -2.37. The molecule has 124 valence electrons. The van der Waals surface area contributed by atoms with Crippen LogP contribution in [0.15, 0.2) is 42.8 Å². The Labute approximate surface area is 134 Å². The fourth-order valence-electron chi connectivity index (χ4n) is 2.50. The molecule has 4 nitrogen and oxygen atoms in total. The van der Waals surface area contributed by atoms with Gasteiger partial charge < -0.3 is 20.3 Å². The normalized spacial score (nSPS) is 18.9. The lowest BCUT2D eigenvalue weighted by molar-refractivity contribution is -0.147. The number of rotatable bonds is 6. The average Bonchev–Trinajstić information content (AvgIpc) is 3.27. The van der Waals surface area contributed by atoms with Crippen LogP contribution in [0.1, 0.15) is 19.8 Å². The molecule has 0 radical (unpaired) electrons. The Bertz CT molecular complexity index is 641. The topological polar surface area (TPSA) is 36.5 Å². The quantitative estimate of drug-likeness (QED) is 0.838. The van der Waals surface area contributed by atoms with E-state index in [-0.39, 0.29) is 11.4 Å². The summed E-state index contributed by atoms with van der Waals surface area (Å²) in [5.41, 5.74) is 1.96. The number of benzene rings is 1. The second-order valence-corrected chi connectivity index (χ2v) is 6.03. The lowest BCUT2D eigenvalue weighted by atomic mass is 10.1. The van der Waals surface area contributed by atoms with Gasteiger partial charge in [0.1, 0.15) is 5.70 Å². The van der Waals surface area contributed by atoms with Crippen LogP contribution in [0.25, 0.3) is 0 Å². The summed E-state index contributed by atoms with van der Waals surface area (Å²) in [5.74, 6) is 0.166. The first-order valence-corrected chi connectivity index (χ1v) is 7.70. The summed E-state index contributed by atoms with van der Waals surface area (Å²) in [7, 11) is 0. The molecule has 0 spiro atoms. The number of allylic oxidation sites excluding steroid dienone is 1. The van der Waals surface area contributed by atoms with Gasteiger partial charge >= 0.3 is 6.11 Å². The molecule has 1 saturated carbocycles. The molecule has 0 unspecified atom stereocenters. The molecule has 2 N–H and O–H groups in total. The van der Waals surface area contributed by atoms with Gasteiger partial charge in [0.05, 0.1) is 5.69 Å². The maximum atomic E-state index is 14.0. The van der Waals surface area contributed by atoms with Gasteiger partial charge in [0.2, 0.25) is 0 Å². The summed E-state index contributed by atoms with van der Waals surface area (Å²) in [5, 5.41) is 6.42. The number of hydrogen-bond acceptors (Lipinski definition) is 4. The first kappa shape index (κ1) is 15.6. The SMILES string of the molecule is C=C(C)NCCN1C(=C)C(F)(F)Oc2ccc(NC3CC3)cc21. The zero-order valence-corrected chi connectivity index (χ0v) is 13.2. The molecule has 0 saturated heterocycles. The van der Waals surface area contributed by atoms with Crippen molar-refractivity contribution in [3.8, 4) is 5.75 Å². The third-order valence-electron chi connectivity index (χ3n) is 3.86. The Morgan fingerprint density at radius 3 is 2.83 bits per heavy atom. The zero-order chi connectivity index (χ0) is 16.6. The van der Waals surface area contributed by atoms with Crippen molar-refractivity contribution < 1.29 is 13.5 Å². The minimum absolute atomic E-state index is 0.166. The number of nitrogens with zero attached hydrogens (tertiary/aromatic N) is 1. The van der Waals surface area contributed by atoms with Crippen molar-refractivity contribution in [2.75, 3.05) is 23.3 Å². The van der Waals surface area contributed by atoms with E-state index in [1.165, 1.54) is 4.90 Å². The second-order valence-electron chi connectivity index (χ2n) is 6.03. The summed E-state index contributed by atoms with van der Waals surface area (Å²) in [6.07, 6.45) is -1.11. The molecule has 0 amide bonds. The van der Waals surface area contributed by atoms with Gasteiger partial charge in [0, 0.05) is 30.5 Å². The minimum atomic E-state index is -3.40. The highest BCUT2D eigenvalue weighted by molar-refractivity contribution is 5.71. The van der Waals surface area contributed by atoms with Crippen molar-refractivity contribution in [3.63, 3.8) is 0 Å². The molecule has 0 bridgehead atoms. The minimum Gasteiger partial charge on any atom is -0.426 e. The summed E-state index contributed by atoms with van der Waals surface area (Å²) in [4.78, 5) is 1.51. The van der Waals surface area contributed by atoms with E-state index in [1.54, 1.807) is 12.1 Å². The van der Waals surface area contributed by atoms with Gasteiger partial charge in [0.25, 0.3) is 0 Å². The third kappa shape index (κ3) is 3.41. The Balaban J connectivity index is 1.86. The fraction of sp³-hybridized carbons (Fsp3) is 0.412. The van der Waals surface area contributed by atoms with Crippen LogP contribution in [0.4, 0.5) is 20.2 Å². The lowest BCUT2D eigenvalue weighted by Crippen LogP contribution is -2.44. The van der Waals surface area contributed by atoms with Gasteiger partial charge in [-0.3, -0.25) is 0 Å². The first-order valence-electron chi connectivity index (χ1n) is 7.70. The van der Waals surface area contributed by atoms with Crippen LogP contribution in [-0.4, -0.2) is 25.2 Å². The smallest absolute Gasteiger partial charge is 0.426 e. The molecule has 1 fully saturated rings. The van der Waals surface area contributed by atoms with Crippen molar-refractivity contribution in [2.45, 2.75) is 31.9 Å². The Kier molecular flexibility index (Phi) is 3.92. The maximum Gasteiger partial charge on any atom is 0.441 e. The van der Waals surface area contributed by atoms with Gasteiger partial charge in [0.15, 0.2) is 5.75 Å². The first-order chi connectivity index (χ1) is 10.9. The molecule has 1 aliphatic carbocycles. The number of halogens is 2. The Hall–Kier alpha value is -2.24. The average molecular weight is 321 g/mol. The fourth-order valence-corrected chi connectivity index (χ4v) is 2.50. The summed E-state index contributed by atoms with van der Waals surface area (Å²) in [6.45, 7) is 9.95. The summed E-state index contributed by atoms with van der Waals surface area (Å²) < 4.78 is 32.9. The molecule has 6 heteroatoms. The van der Waals surface area contributed by atoms with E-state index in [9.17, 15) is 8.78 Å². The van der Waals surface area contributed by atoms with Crippen LogP contribution >= 0.6 is 0 Å². The number of hydrogen-bond donors (Lipinski definition) is 2. The van der Waals surface area contributed by atoms with Crippen LogP contribution in [0.3, 0.4) is 0 Å². The zero-order valence-electron chi connectivity index (χ0n) is 13.2. The predicted octanol–water partition coefficient (Wildman–Crippen LogP) is 3.69. The monoisotopic (exact) mass is 321 g/mol. The van der Waals surface area contributed by atoms with Crippen LogP contribution in [0, 0.1) is 0 Å². The van der Waals surface area contributed by atoms with Gasteiger partial charge in [-0.25, -0.2) is 0 Å². The number of nitrogens with one attached hydrogen (secondary N) is 2. The molecular weight excluding hydrogens is 300 g/mol. The van der Waals surface area contributed by atoms with E-state index >= 15 is 0 Å². The van der Waals surface area contributed by atoms with Crippen LogP contribution in [-0.2, 0) is 0 Å². The van der Waals surface area contributed by atoms with Crippen LogP contribution in [0.5, 0.6) is 5.75 Å². The predicted molar refractivity (Wildman–Crippen MR) is 88.0 cm³/mol. The van der Waals surface area contributed by atoms with E-state index < -0.39 is 6.11 Å². The number of anilines is 2. The molecule has 2 aliphatic rings. The van der Waals surface area contributed by atoms with Gasteiger partial charge in [-0.05, 0) is 38.0 Å². The number of alkyl halides is 2. The van der Waals surface area contributed by atoms with E-state index in [2.05, 4.69) is 23.8 Å². The molecule has 1 heterocycles. The van der Waals surface area contributed by atoms with E-state index in [0.717, 1.165) is 24.2 Å². The summed E-state index contributed by atoms with van der Waals surface area (Å²) >= 11 is 0. The maximum absolute atomic E-state index is 14.0. The molecule has 1 aliphatic heterocycles. The summed E-state index contributed by atoms with van der Waals surface area (Å²) in [6, 6.07) is 5.68. The van der Waals surface area contributed by atoms with Gasteiger partial charge in [-0.2, -0.15) is 8.78 Å². The van der Waals surface area contributed by atoms with Gasteiger partial charge in [-0.1, -0.05) is 13.2 Å². The van der Waals surface area contributed by atoms with Crippen molar-refractivity contribution in [1.82, 2.24) is 5.32 Å². The van der Waals surface area contributed by atoms with Gasteiger partial charge in [-0.15, -0.1) is 0 Å². The molecule has 23 heavy (non-hydrogen) atoms. The highest BCUT2D eigenvalue weighted by atomic mass is 19.3. The highest BCUT2D eigenvalue weighted by Crippen LogP contribution is 2.44. The number of ether oxygens (including phenoxy) is 1. The number of fused-ring (bicyclic) bond motifs is 1. The second kappa shape index (κ2) is 5.76. The molecule has 0 aromatic heterocycles. The molecule has 3 rings (SSSR count). The van der Waals surface area contributed by atoms with Crippen molar-refractivity contribution in [2.24, 2.45) is 0 Å². The van der Waals surface area contributed by atoms with Crippen molar-refractivity contribution >= 4 is 11.4 Å². The van der Waals surface area contributed by atoms with Crippen molar-refractivity contribution in [1.29, 1.82) is 0 Å². The standard InChI is InChI=1S/C17H21F2N3O/c1-11(2)20-8-9-22-12(3)17(18,19)23-16-7-6-14(10-15(16)22)21-13-4-5-13/h6-7,10,13,20-21H,1,3-5,8-9H2,2H3.